The minimum Gasteiger partial charge on any atom is -0.481 e. The number of aliphatic carboxylic acids is 1. The highest BCUT2D eigenvalue weighted by Crippen LogP contribution is 2.48. The predicted octanol–water partition coefficient (Wildman–Crippen LogP) is 2.71. The molecule has 1 N–H and O–H groups in total. The Kier molecular flexibility index (Phi) is 3.15. The van der Waals surface area contributed by atoms with E-state index in [4.69, 9.17) is 0 Å². The zero-order chi connectivity index (χ0) is 16.0. The van der Waals surface area contributed by atoms with Crippen LogP contribution in [0.3, 0.4) is 0 Å². The number of carboxylic acids is 1. The summed E-state index contributed by atoms with van der Waals surface area (Å²) < 4.78 is 1.50. The molecule has 0 radical (unpaired) electrons. The lowest BCUT2D eigenvalue weighted by Gasteiger charge is -2.24. The van der Waals surface area contributed by atoms with Crippen LogP contribution >= 0.6 is 0 Å². The highest BCUT2D eigenvalue weighted by molar-refractivity contribution is 5.90. The van der Waals surface area contributed by atoms with Gasteiger partial charge in [-0.2, -0.15) is 0 Å². The topological polar surface area (TPSA) is 72.2 Å². The number of imidazole rings is 1. The van der Waals surface area contributed by atoms with E-state index in [1.54, 1.807) is 12.4 Å². The maximum atomic E-state index is 13.0. The Morgan fingerprint density at radius 1 is 1.09 bits per heavy atom. The Hall–Kier alpha value is -2.69. The molecular weight excluding hydrogens is 292 g/mol. The van der Waals surface area contributed by atoms with E-state index in [0.29, 0.717) is 5.82 Å². The maximum absolute atomic E-state index is 13.0. The number of nitrogens with zero attached hydrogens (tertiary/aromatic N) is 2. The Morgan fingerprint density at radius 2 is 1.78 bits per heavy atom. The van der Waals surface area contributed by atoms with Crippen molar-refractivity contribution in [3.8, 4) is 11.4 Å². The summed E-state index contributed by atoms with van der Waals surface area (Å²) in [6.45, 7) is 0. The van der Waals surface area contributed by atoms with Crippen LogP contribution < -0.4 is 0 Å². The molecule has 1 aromatic carbocycles. The van der Waals surface area contributed by atoms with Crippen molar-refractivity contribution < 1.29 is 14.7 Å². The van der Waals surface area contributed by atoms with Gasteiger partial charge in [0.1, 0.15) is 5.82 Å². The van der Waals surface area contributed by atoms with Crippen LogP contribution in [-0.4, -0.2) is 26.5 Å². The summed E-state index contributed by atoms with van der Waals surface area (Å²) >= 11 is 0. The number of carboxylic acid groups (broad SMARTS) is 1. The molecule has 1 saturated carbocycles. The molecule has 0 amide bonds. The van der Waals surface area contributed by atoms with Crippen LogP contribution in [0.25, 0.3) is 11.4 Å². The Labute approximate surface area is 133 Å². The molecule has 5 nitrogen and oxygen atoms in total. The summed E-state index contributed by atoms with van der Waals surface area (Å²) in [5.74, 6) is -1.67. The van der Waals surface area contributed by atoms with Gasteiger partial charge < -0.3 is 5.11 Å². The summed E-state index contributed by atoms with van der Waals surface area (Å²) in [6.07, 6.45) is 7.89. The highest BCUT2D eigenvalue weighted by Gasteiger charge is 2.52. The molecule has 1 fully saturated rings. The molecule has 1 aromatic heterocycles. The number of hydrogen-bond donors (Lipinski definition) is 1. The highest BCUT2D eigenvalue weighted by atomic mass is 16.4. The Bertz CT molecular complexity index is 794. The molecule has 23 heavy (non-hydrogen) atoms. The van der Waals surface area contributed by atoms with E-state index in [1.165, 1.54) is 4.57 Å². The lowest BCUT2D eigenvalue weighted by Crippen LogP contribution is -2.35. The number of hydrogen-bond acceptors (Lipinski definition) is 3. The first kappa shape index (κ1) is 13.9. The molecule has 116 valence electrons. The number of carbonyl (C=O) groups excluding carboxylic acids is 1. The summed E-state index contributed by atoms with van der Waals surface area (Å²) in [5.41, 5.74) is 0.844. The first-order valence-corrected chi connectivity index (χ1v) is 7.71. The molecule has 4 atom stereocenters. The second-order valence-corrected chi connectivity index (χ2v) is 6.16. The average molecular weight is 308 g/mol. The maximum Gasteiger partial charge on any atom is 0.307 e. The lowest BCUT2D eigenvalue weighted by molar-refractivity contribution is -0.143. The van der Waals surface area contributed by atoms with Crippen molar-refractivity contribution in [1.29, 1.82) is 0 Å². The van der Waals surface area contributed by atoms with Crippen molar-refractivity contribution in [2.24, 2.45) is 23.7 Å². The average Bonchev–Trinajstić information content (AvgIpc) is 3.29. The van der Waals surface area contributed by atoms with Crippen LogP contribution in [0.4, 0.5) is 0 Å². The zero-order valence-corrected chi connectivity index (χ0v) is 12.4. The fraction of sp³-hybridized carbons (Fsp3) is 0.278. The molecule has 1 heterocycles. The third kappa shape index (κ3) is 2.11. The number of benzene rings is 1. The first-order chi connectivity index (χ1) is 11.2. The van der Waals surface area contributed by atoms with Crippen LogP contribution in [0.15, 0.2) is 54.9 Å². The number of rotatable bonds is 3. The normalized spacial score (nSPS) is 28.2. The fourth-order valence-electron chi connectivity index (χ4n) is 3.94. The van der Waals surface area contributed by atoms with Crippen LogP contribution in [0.1, 0.15) is 11.2 Å². The molecule has 2 aliphatic rings. The molecular formula is C18H16N2O3. The molecule has 0 spiro atoms. The predicted molar refractivity (Wildman–Crippen MR) is 83.6 cm³/mol. The SMILES string of the molecule is O=C(O)[C@@H]1[C@H](C(=O)n2ccnc2-c2ccccc2)[C@H]2C=C[C@H]1C2. The van der Waals surface area contributed by atoms with E-state index >= 15 is 0 Å². The number of allylic oxidation sites excluding steroid dienone is 2. The zero-order valence-electron chi connectivity index (χ0n) is 12.4. The van der Waals surface area contributed by atoms with Gasteiger partial charge in [-0.15, -0.1) is 0 Å². The molecule has 0 saturated heterocycles. The van der Waals surface area contributed by atoms with E-state index in [9.17, 15) is 14.7 Å². The van der Waals surface area contributed by atoms with Gasteiger partial charge in [0.15, 0.2) is 0 Å². The van der Waals surface area contributed by atoms with Gasteiger partial charge in [-0.3, -0.25) is 14.2 Å². The smallest absolute Gasteiger partial charge is 0.307 e. The van der Waals surface area contributed by atoms with Crippen molar-refractivity contribution >= 4 is 11.9 Å². The summed E-state index contributed by atoms with van der Waals surface area (Å²) in [6, 6.07) is 9.46. The van der Waals surface area contributed by atoms with Gasteiger partial charge in [0.05, 0.1) is 11.8 Å². The quantitative estimate of drug-likeness (QED) is 0.885. The van der Waals surface area contributed by atoms with E-state index in [2.05, 4.69) is 4.98 Å². The van der Waals surface area contributed by atoms with Gasteiger partial charge >= 0.3 is 5.97 Å². The summed E-state index contributed by atoms with van der Waals surface area (Å²) in [5, 5.41) is 9.53. The summed E-state index contributed by atoms with van der Waals surface area (Å²) in [7, 11) is 0. The Morgan fingerprint density at radius 3 is 2.48 bits per heavy atom. The van der Waals surface area contributed by atoms with Crippen molar-refractivity contribution in [3.63, 3.8) is 0 Å². The third-order valence-corrected chi connectivity index (χ3v) is 4.94. The molecule has 0 unspecified atom stereocenters. The minimum atomic E-state index is -0.887. The van der Waals surface area contributed by atoms with E-state index in [0.717, 1.165) is 12.0 Å². The van der Waals surface area contributed by atoms with Gasteiger partial charge in [-0.1, -0.05) is 42.5 Å². The van der Waals surface area contributed by atoms with E-state index in [-0.39, 0.29) is 17.7 Å². The molecule has 2 aliphatic carbocycles. The van der Waals surface area contributed by atoms with Crippen molar-refractivity contribution in [2.75, 3.05) is 0 Å². The second kappa shape index (κ2) is 5.19. The molecule has 2 bridgehead atoms. The standard InChI is InChI=1S/C18H16N2O3/c21-17(14-12-6-7-13(10-12)15(14)18(22)23)20-9-8-19-16(20)11-4-2-1-3-5-11/h1-9,12-15H,10H2,(H,22,23)/t12-,13-,14+,15-/m0/s1. The number of carbonyl (C=O) groups is 2. The Balaban J connectivity index is 1.72. The largest absolute Gasteiger partial charge is 0.481 e. The lowest BCUT2D eigenvalue weighted by atomic mass is 9.82. The molecule has 5 heteroatoms. The summed E-state index contributed by atoms with van der Waals surface area (Å²) in [4.78, 5) is 28.9. The number of aromatic nitrogens is 2. The second-order valence-electron chi connectivity index (χ2n) is 6.16. The monoisotopic (exact) mass is 308 g/mol. The van der Waals surface area contributed by atoms with Gasteiger partial charge in [0, 0.05) is 18.0 Å². The van der Waals surface area contributed by atoms with Gasteiger partial charge in [-0.25, -0.2) is 4.98 Å². The van der Waals surface area contributed by atoms with Crippen LogP contribution in [0.2, 0.25) is 0 Å². The van der Waals surface area contributed by atoms with Gasteiger partial charge in [0.25, 0.3) is 0 Å². The van der Waals surface area contributed by atoms with E-state index in [1.807, 2.05) is 42.5 Å². The first-order valence-electron chi connectivity index (χ1n) is 7.71. The minimum absolute atomic E-state index is 0.0135. The van der Waals surface area contributed by atoms with E-state index < -0.39 is 17.8 Å². The molecule has 2 aromatic rings. The molecule has 0 aliphatic heterocycles. The molecule has 4 rings (SSSR count). The van der Waals surface area contributed by atoms with Crippen molar-refractivity contribution in [2.45, 2.75) is 6.42 Å². The number of fused-ring (bicyclic) bond motifs is 2. The third-order valence-electron chi connectivity index (χ3n) is 4.94. The van der Waals surface area contributed by atoms with Gasteiger partial charge in [-0.05, 0) is 18.3 Å². The van der Waals surface area contributed by atoms with Crippen LogP contribution in [-0.2, 0) is 4.79 Å². The van der Waals surface area contributed by atoms with Crippen molar-refractivity contribution in [1.82, 2.24) is 9.55 Å². The van der Waals surface area contributed by atoms with Crippen LogP contribution in [0, 0.1) is 23.7 Å². The van der Waals surface area contributed by atoms with Crippen LogP contribution in [0.5, 0.6) is 0 Å². The van der Waals surface area contributed by atoms with Gasteiger partial charge in [0.2, 0.25) is 5.91 Å². The fourth-order valence-corrected chi connectivity index (χ4v) is 3.94. The van der Waals surface area contributed by atoms with Crippen molar-refractivity contribution in [3.05, 3.63) is 54.9 Å².